The number of esters is 1. The van der Waals surface area contributed by atoms with Crippen LogP contribution in [0, 0.1) is 0 Å². The smallest absolute Gasteiger partial charge is 0.341 e. The Hall–Kier alpha value is -1.59. The number of aromatic nitrogens is 1. The summed E-state index contributed by atoms with van der Waals surface area (Å²) in [6.45, 7) is 2.07. The van der Waals surface area contributed by atoms with Gasteiger partial charge in [-0.3, -0.25) is 0 Å². The maximum Gasteiger partial charge on any atom is 0.341 e. The molecule has 1 N–H and O–H groups in total. The predicted molar refractivity (Wildman–Crippen MR) is 94.2 cm³/mol. The summed E-state index contributed by atoms with van der Waals surface area (Å²) in [7, 11) is 0. The molecule has 0 saturated heterocycles. The minimum Gasteiger partial charge on any atom is -0.462 e. The van der Waals surface area contributed by atoms with E-state index >= 15 is 0 Å². The van der Waals surface area contributed by atoms with Crippen molar-refractivity contribution >= 4 is 39.3 Å². The number of ether oxygens (including phenoxy) is 1. The fourth-order valence-corrected chi connectivity index (χ4v) is 3.40. The molecule has 1 aromatic carbocycles. The van der Waals surface area contributed by atoms with Crippen LogP contribution in [0.15, 0.2) is 34.9 Å². The normalized spacial score (nSPS) is 16.0. The molecule has 6 heteroatoms. The van der Waals surface area contributed by atoms with Gasteiger partial charge in [0, 0.05) is 16.7 Å². The molecule has 1 aliphatic carbocycles. The SMILES string of the molecule is CCOC(=O)c1cnc(NC2Cc3ccc(Br)cc3C2)cc1Cl. The second kappa shape index (κ2) is 6.89. The first-order valence-electron chi connectivity index (χ1n) is 7.43. The highest BCUT2D eigenvalue weighted by Crippen LogP contribution is 2.28. The Labute approximate surface area is 148 Å². The zero-order chi connectivity index (χ0) is 16.4. The van der Waals surface area contributed by atoms with E-state index in [1.165, 1.54) is 17.3 Å². The van der Waals surface area contributed by atoms with Gasteiger partial charge in [-0.2, -0.15) is 0 Å². The van der Waals surface area contributed by atoms with Gasteiger partial charge in [-0.25, -0.2) is 9.78 Å². The number of carbonyl (C=O) groups is 1. The molecule has 3 rings (SSSR count). The van der Waals surface area contributed by atoms with Gasteiger partial charge in [0.1, 0.15) is 5.82 Å². The number of nitrogens with one attached hydrogen (secondary N) is 1. The summed E-state index contributed by atoms with van der Waals surface area (Å²) in [6.07, 6.45) is 3.34. The maximum atomic E-state index is 11.7. The predicted octanol–water partition coefficient (Wildman–Crippen LogP) is 4.25. The second-order valence-corrected chi connectivity index (χ2v) is 6.76. The molecule has 0 radical (unpaired) electrons. The molecule has 0 saturated carbocycles. The Morgan fingerprint density at radius 1 is 1.39 bits per heavy atom. The number of halogens is 2. The molecule has 23 heavy (non-hydrogen) atoms. The summed E-state index contributed by atoms with van der Waals surface area (Å²) in [4.78, 5) is 16.0. The molecular formula is C17H16BrClN2O2. The van der Waals surface area contributed by atoms with E-state index in [0.717, 1.165) is 17.3 Å². The van der Waals surface area contributed by atoms with Crippen LogP contribution in [0.25, 0.3) is 0 Å². The third-order valence-electron chi connectivity index (χ3n) is 3.80. The quantitative estimate of drug-likeness (QED) is 0.786. The number of benzene rings is 1. The van der Waals surface area contributed by atoms with E-state index in [2.05, 4.69) is 44.4 Å². The Kier molecular flexibility index (Phi) is 4.87. The third kappa shape index (κ3) is 3.67. The van der Waals surface area contributed by atoms with Gasteiger partial charge in [0.05, 0.1) is 17.2 Å². The lowest BCUT2D eigenvalue weighted by Gasteiger charge is -2.13. The van der Waals surface area contributed by atoms with Crippen LogP contribution >= 0.6 is 27.5 Å². The summed E-state index contributed by atoms with van der Waals surface area (Å²) in [5.74, 6) is 0.217. The fraction of sp³-hybridized carbons (Fsp3) is 0.294. The van der Waals surface area contributed by atoms with E-state index in [-0.39, 0.29) is 11.6 Å². The summed E-state index contributed by atoms with van der Waals surface area (Å²) < 4.78 is 6.04. The fourth-order valence-electron chi connectivity index (χ4n) is 2.77. The van der Waals surface area contributed by atoms with Gasteiger partial charge in [-0.15, -0.1) is 0 Å². The van der Waals surface area contributed by atoms with Crippen LogP contribution in [-0.2, 0) is 17.6 Å². The molecule has 1 heterocycles. The average molecular weight is 396 g/mol. The number of pyridine rings is 1. The molecular weight excluding hydrogens is 380 g/mol. The molecule has 0 fully saturated rings. The van der Waals surface area contributed by atoms with Gasteiger partial charge < -0.3 is 10.1 Å². The number of rotatable bonds is 4. The van der Waals surface area contributed by atoms with Crippen molar-refractivity contribution in [2.24, 2.45) is 0 Å². The van der Waals surface area contributed by atoms with Gasteiger partial charge >= 0.3 is 5.97 Å². The van der Waals surface area contributed by atoms with Crippen molar-refractivity contribution in [1.29, 1.82) is 0 Å². The molecule has 2 aromatic rings. The van der Waals surface area contributed by atoms with Gasteiger partial charge in [0.2, 0.25) is 0 Å². The highest BCUT2D eigenvalue weighted by atomic mass is 79.9. The first-order chi connectivity index (χ1) is 11.1. The van der Waals surface area contributed by atoms with Crippen LogP contribution in [-0.4, -0.2) is 23.6 Å². The highest BCUT2D eigenvalue weighted by molar-refractivity contribution is 9.10. The van der Waals surface area contributed by atoms with E-state index in [1.807, 2.05) is 0 Å². The first-order valence-corrected chi connectivity index (χ1v) is 8.60. The lowest BCUT2D eigenvalue weighted by atomic mass is 10.1. The lowest BCUT2D eigenvalue weighted by Crippen LogP contribution is -2.20. The van der Waals surface area contributed by atoms with Crippen LogP contribution in [0.5, 0.6) is 0 Å². The second-order valence-electron chi connectivity index (χ2n) is 5.43. The van der Waals surface area contributed by atoms with Crippen molar-refractivity contribution in [3.8, 4) is 0 Å². The van der Waals surface area contributed by atoms with E-state index in [4.69, 9.17) is 16.3 Å². The van der Waals surface area contributed by atoms with Crippen LogP contribution < -0.4 is 5.32 Å². The van der Waals surface area contributed by atoms with Gasteiger partial charge in [0.25, 0.3) is 0 Å². The molecule has 0 aliphatic heterocycles. The van der Waals surface area contributed by atoms with Crippen LogP contribution in [0.3, 0.4) is 0 Å². The highest BCUT2D eigenvalue weighted by Gasteiger charge is 2.22. The van der Waals surface area contributed by atoms with Crippen molar-refractivity contribution in [3.63, 3.8) is 0 Å². The lowest BCUT2D eigenvalue weighted by molar-refractivity contribution is 0.0526. The van der Waals surface area contributed by atoms with Crippen molar-refractivity contribution in [3.05, 3.63) is 56.6 Å². The molecule has 1 aromatic heterocycles. The van der Waals surface area contributed by atoms with Crippen LogP contribution in [0.1, 0.15) is 28.4 Å². The topological polar surface area (TPSA) is 51.2 Å². The zero-order valence-corrected chi connectivity index (χ0v) is 14.9. The van der Waals surface area contributed by atoms with E-state index in [0.29, 0.717) is 17.4 Å². The van der Waals surface area contributed by atoms with Crippen molar-refractivity contribution in [2.45, 2.75) is 25.8 Å². The number of hydrogen-bond donors (Lipinski definition) is 1. The van der Waals surface area contributed by atoms with E-state index in [1.54, 1.807) is 13.0 Å². The maximum absolute atomic E-state index is 11.7. The Morgan fingerprint density at radius 2 is 2.17 bits per heavy atom. The monoisotopic (exact) mass is 394 g/mol. The standard InChI is InChI=1S/C17H16BrClN2O2/c1-2-23-17(22)14-9-20-16(8-15(14)19)21-13-6-10-3-4-12(18)5-11(10)7-13/h3-5,8-9,13H,2,6-7H2,1H3,(H,20,21). The van der Waals surface area contributed by atoms with E-state index < -0.39 is 5.97 Å². The van der Waals surface area contributed by atoms with Crippen molar-refractivity contribution in [1.82, 2.24) is 4.98 Å². The molecule has 1 atom stereocenters. The largest absolute Gasteiger partial charge is 0.462 e. The van der Waals surface area contributed by atoms with Crippen molar-refractivity contribution in [2.75, 3.05) is 11.9 Å². The third-order valence-corrected chi connectivity index (χ3v) is 4.61. The Morgan fingerprint density at radius 3 is 2.91 bits per heavy atom. The number of fused-ring (bicyclic) bond motifs is 1. The average Bonchev–Trinajstić information content (AvgIpc) is 2.88. The minimum atomic E-state index is -0.449. The molecule has 120 valence electrons. The number of anilines is 1. The van der Waals surface area contributed by atoms with Crippen LogP contribution in [0.4, 0.5) is 5.82 Å². The Bertz CT molecular complexity index is 751. The number of carbonyl (C=O) groups excluding carboxylic acids is 1. The van der Waals surface area contributed by atoms with Gasteiger partial charge in [-0.05, 0) is 49.1 Å². The number of nitrogens with zero attached hydrogens (tertiary/aromatic N) is 1. The summed E-state index contributed by atoms with van der Waals surface area (Å²) in [6, 6.07) is 8.31. The summed E-state index contributed by atoms with van der Waals surface area (Å²) >= 11 is 9.67. The molecule has 4 nitrogen and oxygen atoms in total. The van der Waals surface area contributed by atoms with Gasteiger partial charge in [-0.1, -0.05) is 33.6 Å². The summed E-state index contributed by atoms with van der Waals surface area (Å²) in [5.41, 5.74) is 2.98. The van der Waals surface area contributed by atoms with E-state index in [9.17, 15) is 4.79 Å². The van der Waals surface area contributed by atoms with Crippen LogP contribution in [0.2, 0.25) is 5.02 Å². The molecule has 1 aliphatic rings. The Balaban J connectivity index is 1.70. The summed E-state index contributed by atoms with van der Waals surface area (Å²) in [5, 5.41) is 3.73. The van der Waals surface area contributed by atoms with Gasteiger partial charge in [0.15, 0.2) is 0 Å². The zero-order valence-electron chi connectivity index (χ0n) is 12.6. The molecule has 0 bridgehead atoms. The molecule has 0 amide bonds. The first kappa shape index (κ1) is 16.3. The van der Waals surface area contributed by atoms with Crippen molar-refractivity contribution < 1.29 is 9.53 Å². The minimum absolute atomic E-state index is 0.274. The molecule has 0 spiro atoms. The number of hydrogen-bond acceptors (Lipinski definition) is 4. The molecule has 1 unspecified atom stereocenters.